The fourth-order valence-electron chi connectivity index (χ4n) is 1.77. The van der Waals surface area contributed by atoms with Crippen LogP contribution in [0.4, 0.5) is 0 Å². The molecule has 0 heterocycles. The van der Waals surface area contributed by atoms with Gasteiger partial charge in [0.15, 0.2) is 0 Å². The number of hydrogen-bond donors (Lipinski definition) is 0. The summed E-state index contributed by atoms with van der Waals surface area (Å²) in [6.07, 6.45) is 9.29. The maximum Gasteiger partial charge on any atom is -0.0231 e. The van der Waals surface area contributed by atoms with Crippen molar-refractivity contribution >= 4 is 0 Å². The molecule has 0 aliphatic heterocycles. The second-order valence-electron chi connectivity index (χ2n) is 4.61. The minimum Gasteiger partial charge on any atom is -0.103 e. The maximum atomic E-state index is 3.72. The van der Waals surface area contributed by atoms with E-state index in [1.54, 1.807) is 0 Å². The molecule has 70 valence electrons. The third kappa shape index (κ3) is 3.00. The summed E-state index contributed by atoms with van der Waals surface area (Å²) in [5.74, 6) is 2.90. The largest absolute Gasteiger partial charge is 0.103 e. The van der Waals surface area contributed by atoms with Crippen LogP contribution in [0.25, 0.3) is 0 Å². The molecule has 0 N–H and O–H groups in total. The zero-order valence-electron chi connectivity index (χ0n) is 8.55. The Labute approximate surface area is 77.1 Å². The van der Waals surface area contributed by atoms with E-state index in [0.29, 0.717) is 0 Å². The lowest BCUT2D eigenvalue weighted by Gasteiger charge is -2.29. The summed E-state index contributed by atoms with van der Waals surface area (Å²) in [6, 6.07) is 0. The van der Waals surface area contributed by atoms with Gasteiger partial charge in [-0.15, -0.1) is 6.58 Å². The summed E-state index contributed by atoms with van der Waals surface area (Å²) in [7, 11) is 0. The molecule has 0 spiro atoms. The summed E-state index contributed by atoms with van der Waals surface area (Å²) in [6.45, 7) is 8.32. The fraction of sp³-hybridized carbons (Fsp3) is 0.833. The minimum absolute atomic E-state index is 0.856. The quantitative estimate of drug-likeness (QED) is 0.516. The third-order valence-electron chi connectivity index (χ3n) is 3.14. The smallest absolute Gasteiger partial charge is 0.0231 e. The molecule has 0 heteroatoms. The molecule has 0 aromatic heterocycles. The first-order chi connectivity index (χ1) is 5.72. The van der Waals surface area contributed by atoms with Gasteiger partial charge in [0.25, 0.3) is 0 Å². The average Bonchev–Trinajstić information content (AvgIpc) is 1.96. The number of hydrogen-bond acceptors (Lipinski definition) is 0. The minimum atomic E-state index is 0.856. The lowest BCUT2D eigenvalue weighted by molar-refractivity contribution is 0.263. The van der Waals surface area contributed by atoms with E-state index in [1.165, 1.54) is 32.1 Å². The molecule has 0 amide bonds. The Kier molecular flexibility index (Phi) is 3.84. The van der Waals surface area contributed by atoms with Gasteiger partial charge in [-0.25, -0.2) is 0 Å². The van der Waals surface area contributed by atoms with Crippen LogP contribution in [0.5, 0.6) is 0 Å². The van der Waals surface area contributed by atoms with E-state index >= 15 is 0 Å². The lowest BCUT2D eigenvalue weighted by atomic mass is 9.76. The van der Waals surface area contributed by atoms with Gasteiger partial charge in [-0.05, 0) is 30.6 Å². The van der Waals surface area contributed by atoms with Gasteiger partial charge < -0.3 is 0 Å². The van der Waals surface area contributed by atoms with Crippen molar-refractivity contribution in [2.75, 3.05) is 0 Å². The fourth-order valence-corrected chi connectivity index (χ4v) is 1.77. The van der Waals surface area contributed by atoms with Crippen LogP contribution < -0.4 is 0 Å². The Morgan fingerprint density at radius 2 is 1.58 bits per heavy atom. The van der Waals surface area contributed by atoms with Crippen LogP contribution in [0.1, 0.15) is 46.0 Å². The van der Waals surface area contributed by atoms with Crippen molar-refractivity contribution in [2.45, 2.75) is 46.0 Å². The Balaban J connectivity index is 0.000000127. The van der Waals surface area contributed by atoms with Crippen molar-refractivity contribution in [3.05, 3.63) is 12.7 Å². The molecule has 0 atom stereocenters. The van der Waals surface area contributed by atoms with Crippen LogP contribution in [0.2, 0.25) is 0 Å². The molecule has 2 fully saturated rings. The van der Waals surface area contributed by atoms with E-state index in [0.717, 1.165) is 17.8 Å². The summed E-state index contributed by atoms with van der Waals surface area (Å²) in [4.78, 5) is 0. The summed E-state index contributed by atoms with van der Waals surface area (Å²) in [5, 5.41) is 0. The number of rotatable bonds is 1. The van der Waals surface area contributed by atoms with Crippen molar-refractivity contribution in [1.82, 2.24) is 0 Å². The summed E-state index contributed by atoms with van der Waals surface area (Å²) < 4.78 is 0. The highest BCUT2D eigenvalue weighted by atomic mass is 14.3. The first kappa shape index (κ1) is 9.83. The molecule has 2 rings (SSSR count). The SMILES string of the molecule is C=CC1CC(C)C1.CC1CCC1. The highest BCUT2D eigenvalue weighted by molar-refractivity contribution is 4.88. The van der Waals surface area contributed by atoms with Crippen LogP contribution in [0.15, 0.2) is 12.7 Å². The van der Waals surface area contributed by atoms with Crippen molar-refractivity contribution in [2.24, 2.45) is 17.8 Å². The van der Waals surface area contributed by atoms with Crippen molar-refractivity contribution in [3.8, 4) is 0 Å². The van der Waals surface area contributed by atoms with Crippen molar-refractivity contribution in [3.63, 3.8) is 0 Å². The van der Waals surface area contributed by atoms with Crippen molar-refractivity contribution < 1.29 is 0 Å². The third-order valence-corrected chi connectivity index (χ3v) is 3.14. The van der Waals surface area contributed by atoms with Gasteiger partial charge in [-0.3, -0.25) is 0 Å². The molecule has 0 radical (unpaired) electrons. The lowest BCUT2D eigenvalue weighted by Crippen LogP contribution is -2.17. The predicted octanol–water partition coefficient (Wildman–Crippen LogP) is 4.02. The topological polar surface area (TPSA) is 0 Å². The average molecular weight is 166 g/mol. The molecular formula is C12H22. The molecule has 0 nitrogen and oxygen atoms in total. The molecule has 0 aromatic rings. The Morgan fingerprint density at radius 1 is 1.08 bits per heavy atom. The van der Waals surface area contributed by atoms with E-state index in [-0.39, 0.29) is 0 Å². The van der Waals surface area contributed by atoms with Crippen LogP contribution in [-0.4, -0.2) is 0 Å². The van der Waals surface area contributed by atoms with Gasteiger partial charge in [0, 0.05) is 0 Å². The van der Waals surface area contributed by atoms with Crippen LogP contribution in [0.3, 0.4) is 0 Å². The van der Waals surface area contributed by atoms with Gasteiger partial charge >= 0.3 is 0 Å². The highest BCUT2D eigenvalue weighted by Crippen LogP contribution is 2.33. The summed E-state index contributed by atoms with van der Waals surface area (Å²) >= 11 is 0. The van der Waals surface area contributed by atoms with E-state index in [2.05, 4.69) is 26.5 Å². The predicted molar refractivity (Wildman–Crippen MR) is 55.1 cm³/mol. The van der Waals surface area contributed by atoms with Gasteiger partial charge in [-0.2, -0.15) is 0 Å². The zero-order chi connectivity index (χ0) is 8.97. The van der Waals surface area contributed by atoms with Crippen LogP contribution in [-0.2, 0) is 0 Å². The molecule has 2 aliphatic rings. The summed E-state index contributed by atoms with van der Waals surface area (Å²) in [5.41, 5.74) is 0. The van der Waals surface area contributed by atoms with E-state index in [4.69, 9.17) is 0 Å². The maximum absolute atomic E-state index is 3.72. The highest BCUT2D eigenvalue weighted by Gasteiger charge is 2.21. The Bertz CT molecular complexity index is 127. The first-order valence-corrected chi connectivity index (χ1v) is 5.35. The van der Waals surface area contributed by atoms with E-state index < -0.39 is 0 Å². The Morgan fingerprint density at radius 3 is 1.67 bits per heavy atom. The molecule has 0 saturated heterocycles. The van der Waals surface area contributed by atoms with Gasteiger partial charge in [-0.1, -0.05) is 39.2 Å². The van der Waals surface area contributed by atoms with Gasteiger partial charge in [0.2, 0.25) is 0 Å². The molecule has 0 unspecified atom stereocenters. The number of allylic oxidation sites excluding steroid dienone is 1. The molecular weight excluding hydrogens is 144 g/mol. The van der Waals surface area contributed by atoms with Crippen LogP contribution >= 0.6 is 0 Å². The molecule has 0 aromatic carbocycles. The molecule has 2 saturated carbocycles. The second kappa shape index (κ2) is 4.69. The monoisotopic (exact) mass is 166 g/mol. The van der Waals surface area contributed by atoms with E-state index in [9.17, 15) is 0 Å². The van der Waals surface area contributed by atoms with Crippen LogP contribution in [0, 0.1) is 17.8 Å². The van der Waals surface area contributed by atoms with E-state index in [1.807, 2.05) is 0 Å². The normalized spacial score (nSPS) is 33.8. The molecule has 12 heavy (non-hydrogen) atoms. The molecule has 0 bridgehead atoms. The zero-order valence-corrected chi connectivity index (χ0v) is 8.55. The van der Waals surface area contributed by atoms with Crippen molar-refractivity contribution in [1.29, 1.82) is 0 Å². The standard InChI is InChI=1S/C7H12.C5H10/c1-3-7-4-6(2)5-7;1-5-3-2-4-5/h3,6-7H,1,4-5H2,2H3;5H,2-4H2,1H3. The second-order valence-corrected chi connectivity index (χ2v) is 4.61. The first-order valence-electron chi connectivity index (χ1n) is 5.35. The Hall–Kier alpha value is -0.260. The van der Waals surface area contributed by atoms with Gasteiger partial charge in [0.05, 0.1) is 0 Å². The van der Waals surface area contributed by atoms with Gasteiger partial charge in [0.1, 0.15) is 0 Å². The molecule has 2 aliphatic carbocycles.